The van der Waals surface area contributed by atoms with Crippen LogP contribution in [0.4, 0.5) is 28.0 Å². The third kappa shape index (κ3) is 4.33. The molecule has 3 amide bonds. The molecule has 0 aromatic heterocycles. The van der Waals surface area contributed by atoms with E-state index in [0.29, 0.717) is 0 Å². The molecule has 0 saturated carbocycles. The number of urea groups is 1. The Kier molecular flexibility index (Phi) is 5.76. The van der Waals surface area contributed by atoms with Crippen molar-refractivity contribution in [1.82, 2.24) is 5.32 Å². The van der Waals surface area contributed by atoms with Gasteiger partial charge >= 0.3 is 6.03 Å². The van der Waals surface area contributed by atoms with Gasteiger partial charge in [0.15, 0.2) is 17.7 Å². The van der Waals surface area contributed by atoms with Gasteiger partial charge in [0.1, 0.15) is 17.4 Å². The molecule has 1 unspecified atom stereocenters. The van der Waals surface area contributed by atoms with Gasteiger partial charge < -0.3 is 15.4 Å². The average Bonchev–Trinajstić information content (AvgIpc) is 3.02. The van der Waals surface area contributed by atoms with Gasteiger partial charge in [-0.05, 0) is 12.1 Å². The lowest BCUT2D eigenvalue weighted by Crippen LogP contribution is -2.23. The summed E-state index contributed by atoms with van der Waals surface area (Å²) in [6, 6.07) is 2.12. The van der Waals surface area contributed by atoms with Crippen molar-refractivity contribution < 1.29 is 31.9 Å². The maximum atomic E-state index is 14.3. The molecule has 0 spiro atoms. The third-order valence-electron chi connectivity index (χ3n) is 4.25. The van der Waals surface area contributed by atoms with E-state index < -0.39 is 52.7 Å². The molecule has 152 valence electrons. The molecule has 2 N–H and O–H groups in total. The Morgan fingerprint density at radius 3 is 2.41 bits per heavy atom. The highest BCUT2D eigenvalue weighted by atomic mass is 19.2. The highest BCUT2D eigenvalue weighted by Gasteiger charge is 2.39. The minimum absolute atomic E-state index is 0.0369. The van der Waals surface area contributed by atoms with Crippen LogP contribution >= 0.6 is 0 Å². The number of hydrogen-bond acceptors (Lipinski definition) is 4. The Balaban J connectivity index is 1.79. The van der Waals surface area contributed by atoms with Crippen LogP contribution < -0.4 is 15.4 Å². The number of amides is 3. The van der Waals surface area contributed by atoms with Gasteiger partial charge in [-0.15, -0.1) is 0 Å². The van der Waals surface area contributed by atoms with Gasteiger partial charge in [-0.25, -0.2) is 22.4 Å². The van der Waals surface area contributed by atoms with E-state index >= 15 is 0 Å². The summed E-state index contributed by atoms with van der Waals surface area (Å²) in [5.41, 5.74) is -0.485. The Morgan fingerprint density at radius 2 is 1.79 bits per heavy atom. The summed E-state index contributed by atoms with van der Waals surface area (Å²) in [5, 5.41) is 11.4. The van der Waals surface area contributed by atoms with Crippen LogP contribution in [0.2, 0.25) is 0 Å². The molecule has 1 saturated heterocycles. The summed E-state index contributed by atoms with van der Waals surface area (Å²) < 4.78 is 59.5. The summed E-state index contributed by atoms with van der Waals surface area (Å²) in [6.45, 7) is -0.118. The van der Waals surface area contributed by atoms with Crippen LogP contribution in [-0.2, 0) is 4.79 Å². The minimum atomic E-state index is -1.36. The van der Waals surface area contributed by atoms with E-state index in [1.54, 1.807) is 0 Å². The first kappa shape index (κ1) is 20.2. The highest BCUT2D eigenvalue weighted by Crippen LogP contribution is 2.32. The van der Waals surface area contributed by atoms with Crippen LogP contribution in [-0.4, -0.2) is 31.6 Å². The zero-order valence-electron chi connectivity index (χ0n) is 14.9. The Morgan fingerprint density at radius 1 is 1.10 bits per heavy atom. The molecule has 0 aliphatic carbocycles. The number of ether oxygens (including phenoxy) is 1. The molecular weight excluding hydrogens is 396 g/mol. The smallest absolute Gasteiger partial charge is 0.363 e. The fourth-order valence-electron chi connectivity index (χ4n) is 2.87. The summed E-state index contributed by atoms with van der Waals surface area (Å²) in [6.07, 6.45) is 0. The molecule has 2 atom stereocenters. The summed E-state index contributed by atoms with van der Waals surface area (Å²) >= 11 is 0. The monoisotopic (exact) mass is 410 g/mol. The first-order chi connectivity index (χ1) is 13.8. The number of carbonyl (C=O) groups excluding carboxylic acids is 2. The van der Waals surface area contributed by atoms with Gasteiger partial charge in [0.05, 0.1) is 7.11 Å². The average molecular weight is 410 g/mol. The predicted molar refractivity (Wildman–Crippen MR) is 92.7 cm³/mol. The molecule has 1 aliphatic heterocycles. The first-order valence-electron chi connectivity index (χ1n) is 8.27. The number of hydrogen-bond donors (Lipinski definition) is 2. The molecule has 7 nitrogen and oxygen atoms in total. The van der Waals surface area contributed by atoms with E-state index in [9.17, 15) is 27.2 Å². The van der Waals surface area contributed by atoms with Crippen molar-refractivity contribution in [2.45, 2.75) is 12.0 Å². The van der Waals surface area contributed by atoms with Crippen LogP contribution in [0, 0.1) is 23.3 Å². The molecule has 2 aromatic carbocycles. The number of nitrogens with zero attached hydrogens (tertiary/aromatic N) is 2. The van der Waals surface area contributed by atoms with Crippen molar-refractivity contribution in [2.75, 3.05) is 19.0 Å². The number of benzene rings is 2. The Labute approximate surface area is 161 Å². The van der Waals surface area contributed by atoms with Crippen LogP contribution in [0.25, 0.3) is 0 Å². The second kappa shape index (κ2) is 8.25. The van der Waals surface area contributed by atoms with Crippen molar-refractivity contribution in [3.05, 3.63) is 59.2 Å². The molecule has 0 radical (unpaired) electrons. The van der Waals surface area contributed by atoms with E-state index in [2.05, 4.69) is 20.9 Å². The lowest BCUT2D eigenvalue weighted by molar-refractivity contribution is -0.120. The van der Waals surface area contributed by atoms with E-state index in [1.807, 2.05) is 0 Å². The van der Waals surface area contributed by atoms with Crippen molar-refractivity contribution in [2.24, 2.45) is 10.2 Å². The number of anilines is 1. The van der Waals surface area contributed by atoms with Crippen LogP contribution in [0.1, 0.15) is 11.5 Å². The summed E-state index contributed by atoms with van der Waals surface area (Å²) in [5.74, 6) is -5.91. The second-order valence-electron chi connectivity index (χ2n) is 6.08. The maximum absolute atomic E-state index is 14.3. The number of nitrogens with one attached hydrogen (secondary N) is 2. The van der Waals surface area contributed by atoms with Crippen LogP contribution in [0.3, 0.4) is 0 Å². The van der Waals surface area contributed by atoms with Gasteiger partial charge in [-0.3, -0.25) is 4.79 Å². The second-order valence-corrected chi connectivity index (χ2v) is 6.08. The summed E-state index contributed by atoms with van der Waals surface area (Å²) in [4.78, 5) is 23.8. The number of azo groups is 1. The van der Waals surface area contributed by atoms with Crippen LogP contribution in [0.5, 0.6) is 5.75 Å². The Bertz CT molecular complexity index is 976. The molecule has 3 rings (SSSR count). The zero-order chi connectivity index (χ0) is 21.1. The third-order valence-corrected chi connectivity index (χ3v) is 4.25. The normalized spacial score (nSPS) is 18.7. The quantitative estimate of drug-likeness (QED) is 0.597. The topological polar surface area (TPSA) is 92.2 Å². The fourth-order valence-corrected chi connectivity index (χ4v) is 2.87. The van der Waals surface area contributed by atoms with E-state index in [-0.39, 0.29) is 18.0 Å². The Hall–Kier alpha value is -3.50. The molecule has 1 fully saturated rings. The van der Waals surface area contributed by atoms with E-state index in [1.165, 1.54) is 7.11 Å². The van der Waals surface area contributed by atoms with Gasteiger partial charge in [0, 0.05) is 41.9 Å². The van der Waals surface area contributed by atoms with Crippen LogP contribution in [0.15, 0.2) is 40.6 Å². The molecule has 0 bridgehead atoms. The molecule has 1 aliphatic rings. The number of rotatable bonds is 4. The largest absolute Gasteiger partial charge is 0.497 e. The van der Waals surface area contributed by atoms with Crippen molar-refractivity contribution in [1.29, 1.82) is 0 Å². The van der Waals surface area contributed by atoms with E-state index in [0.717, 1.165) is 30.3 Å². The minimum Gasteiger partial charge on any atom is -0.497 e. The van der Waals surface area contributed by atoms with Crippen molar-refractivity contribution >= 4 is 17.6 Å². The number of carbonyl (C=O) groups is 2. The fraction of sp³-hybridized carbons (Fsp3) is 0.222. The lowest BCUT2D eigenvalue weighted by atomic mass is 9.93. The number of methoxy groups -OCH3 is 1. The predicted octanol–water partition coefficient (Wildman–Crippen LogP) is 3.52. The molecule has 29 heavy (non-hydrogen) atoms. The molecule has 2 aromatic rings. The van der Waals surface area contributed by atoms with E-state index in [4.69, 9.17) is 4.74 Å². The standard InChI is InChI=1S/C18H14F4N4O3/c1-29-9-5-13(21)15(14(22)6-9)10-7-23-17(27)16(10)25-26-18(28)24-8-2-3-11(19)12(20)4-8/h2-6,10,16H,7H2,1H3,(H,23,27)(H,24,28)/b26-25+/t10-,16?/m0/s1. The maximum Gasteiger partial charge on any atom is 0.363 e. The molecular formula is C18H14F4N4O3. The lowest BCUT2D eigenvalue weighted by Gasteiger charge is -2.15. The van der Waals surface area contributed by atoms with Gasteiger partial charge in [-0.1, -0.05) is 5.11 Å². The van der Waals surface area contributed by atoms with Gasteiger partial charge in [0.2, 0.25) is 5.91 Å². The highest BCUT2D eigenvalue weighted by molar-refractivity contribution is 5.90. The molecule has 1 heterocycles. The number of halogens is 4. The molecule has 11 heteroatoms. The van der Waals surface area contributed by atoms with Gasteiger partial charge in [0.25, 0.3) is 0 Å². The van der Waals surface area contributed by atoms with Crippen molar-refractivity contribution in [3.8, 4) is 5.75 Å². The zero-order valence-corrected chi connectivity index (χ0v) is 14.9. The van der Waals surface area contributed by atoms with Crippen molar-refractivity contribution in [3.63, 3.8) is 0 Å². The SMILES string of the molecule is COc1cc(F)c([C@@H]2CNC(=O)C2/N=N/C(=O)Nc2ccc(F)c(F)c2)c(F)c1. The summed E-state index contributed by atoms with van der Waals surface area (Å²) in [7, 11) is 1.25. The first-order valence-corrected chi connectivity index (χ1v) is 8.27. The van der Waals surface area contributed by atoms with Gasteiger partial charge in [-0.2, -0.15) is 5.11 Å².